The molecule has 3 rings (SSSR count). The van der Waals surface area contributed by atoms with Gasteiger partial charge in [-0.1, -0.05) is 47.0 Å². The molecule has 0 heterocycles. The van der Waals surface area contributed by atoms with Gasteiger partial charge in [0.15, 0.2) is 0 Å². The van der Waals surface area contributed by atoms with E-state index in [-0.39, 0.29) is 0 Å². The van der Waals surface area contributed by atoms with Gasteiger partial charge in [-0.15, -0.1) is 0 Å². The van der Waals surface area contributed by atoms with Crippen LogP contribution in [0.3, 0.4) is 0 Å². The van der Waals surface area contributed by atoms with Gasteiger partial charge in [0.1, 0.15) is 0 Å². The normalized spacial score (nSPS) is 52.9. The second kappa shape index (κ2) is 3.52. The molecule has 0 N–H and O–H groups in total. The summed E-state index contributed by atoms with van der Waals surface area (Å²) in [4.78, 5) is 0. The lowest BCUT2D eigenvalue weighted by atomic mass is 9.46. The van der Waals surface area contributed by atoms with Crippen LogP contribution in [0.25, 0.3) is 0 Å². The minimum absolute atomic E-state index is 0.607. The first-order chi connectivity index (χ1) is 7.91. The number of hydrogen-bond donors (Lipinski definition) is 0. The van der Waals surface area contributed by atoms with Crippen molar-refractivity contribution in [2.75, 3.05) is 0 Å². The molecule has 0 amide bonds. The third-order valence-electron chi connectivity index (χ3n) is 7.48. The Kier molecular flexibility index (Phi) is 2.49. The van der Waals surface area contributed by atoms with E-state index in [1.165, 1.54) is 44.9 Å². The van der Waals surface area contributed by atoms with Crippen LogP contribution < -0.4 is 0 Å². The molecule has 0 aliphatic heterocycles. The highest BCUT2D eigenvalue weighted by atomic mass is 14.7. The van der Waals surface area contributed by atoms with E-state index in [2.05, 4.69) is 27.7 Å². The minimum atomic E-state index is 0.607. The quantitative estimate of drug-likeness (QED) is 0.568. The van der Waals surface area contributed by atoms with Crippen LogP contribution in [0.5, 0.6) is 0 Å². The summed E-state index contributed by atoms with van der Waals surface area (Å²) in [5, 5.41) is 0. The molecule has 0 nitrogen and oxygen atoms in total. The molecule has 3 fully saturated rings. The van der Waals surface area contributed by atoms with Crippen molar-refractivity contribution in [3.8, 4) is 0 Å². The molecule has 0 aromatic rings. The Labute approximate surface area is 108 Å². The molecule has 3 aliphatic rings. The Morgan fingerprint density at radius 3 is 2.18 bits per heavy atom. The molecule has 0 aromatic carbocycles. The number of hydrogen-bond acceptors (Lipinski definition) is 0. The Bertz CT molecular complexity index is 316. The average Bonchev–Trinajstić information content (AvgIpc) is 2.77. The summed E-state index contributed by atoms with van der Waals surface area (Å²) in [6.07, 6.45) is 12.1. The van der Waals surface area contributed by atoms with Crippen LogP contribution in [0.2, 0.25) is 0 Å². The topological polar surface area (TPSA) is 0 Å². The van der Waals surface area contributed by atoms with Crippen LogP contribution >= 0.6 is 0 Å². The van der Waals surface area contributed by atoms with E-state index >= 15 is 0 Å². The van der Waals surface area contributed by atoms with Crippen molar-refractivity contribution in [3.63, 3.8) is 0 Å². The number of rotatable bonds is 1. The summed E-state index contributed by atoms with van der Waals surface area (Å²) in [5.74, 6) is 2.02. The van der Waals surface area contributed by atoms with E-state index in [0.29, 0.717) is 16.2 Å². The molecule has 4 unspecified atom stereocenters. The summed E-state index contributed by atoms with van der Waals surface area (Å²) >= 11 is 0. The van der Waals surface area contributed by atoms with E-state index < -0.39 is 0 Å². The highest BCUT2D eigenvalue weighted by molar-refractivity contribution is 5.14. The summed E-state index contributed by atoms with van der Waals surface area (Å²) in [6, 6.07) is 0. The second-order valence-electron chi connectivity index (χ2n) is 8.34. The lowest BCUT2D eigenvalue weighted by Crippen LogP contribution is -2.51. The third-order valence-corrected chi connectivity index (χ3v) is 7.48. The molecule has 0 aromatic heterocycles. The summed E-state index contributed by atoms with van der Waals surface area (Å²) in [6.45, 7) is 10.4. The molecule has 3 aliphatic carbocycles. The van der Waals surface area contributed by atoms with Crippen LogP contribution in [0, 0.1) is 28.1 Å². The van der Waals surface area contributed by atoms with Crippen molar-refractivity contribution in [2.45, 2.75) is 79.1 Å². The summed E-state index contributed by atoms with van der Waals surface area (Å²) in [5.41, 5.74) is 1.93. The molecule has 17 heavy (non-hydrogen) atoms. The summed E-state index contributed by atoms with van der Waals surface area (Å²) in [7, 11) is 0. The van der Waals surface area contributed by atoms with Gasteiger partial charge < -0.3 is 0 Å². The molecule has 98 valence electrons. The Hall–Kier alpha value is 0. The predicted octanol–water partition coefficient (Wildman–Crippen LogP) is 5.42. The van der Waals surface area contributed by atoms with Gasteiger partial charge in [0.2, 0.25) is 0 Å². The van der Waals surface area contributed by atoms with Crippen LogP contribution in [0.4, 0.5) is 0 Å². The molecule has 2 bridgehead atoms. The largest absolute Gasteiger partial charge is 0.0620 e. The zero-order chi connectivity index (χ0) is 12.3. The molecule has 4 atom stereocenters. The van der Waals surface area contributed by atoms with Gasteiger partial charge in [-0.3, -0.25) is 0 Å². The Morgan fingerprint density at radius 2 is 1.65 bits per heavy atom. The maximum atomic E-state index is 2.66. The van der Waals surface area contributed by atoms with Gasteiger partial charge >= 0.3 is 0 Å². The van der Waals surface area contributed by atoms with Crippen LogP contribution in [-0.2, 0) is 0 Å². The van der Waals surface area contributed by atoms with Crippen molar-refractivity contribution >= 4 is 0 Å². The van der Waals surface area contributed by atoms with E-state index in [9.17, 15) is 0 Å². The first-order valence-electron chi connectivity index (χ1n) is 7.91. The molecular formula is C17H30. The lowest BCUT2D eigenvalue weighted by Gasteiger charge is -2.58. The van der Waals surface area contributed by atoms with Crippen molar-refractivity contribution in [1.82, 2.24) is 0 Å². The molecular weight excluding hydrogens is 204 g/mol. The Balaban J connectivity index is 2.01. The maximum absolute atomic E-state index is 2.66. The number of fused-ring (bicyclic) bond motifs is 2. The smallest absolute Gasteiger partial charge is 0.0187 e. The third kappa shape index (κ3) is 1.36. The fourth-order valence-electron chi connectivity index (χ4n) is 6.36. The van der Waals surface area contributed by atoms with Gasteiger partial charge in [0.25, 0.3) is 0 Å². The fraction of sp³-hybridized carbons (Fsp3) is 1.00. The van der Waals surface area contributed by atoms with E-state index in [4.69, 9.17) is 0 Å². The molecule has 0 heteroatoms. The standard InChI is InChI=1S/C17H30/c1-13-7-5-6-9-16(13,4)17-10-8-14(12-17)11-15(17,2)3/h13-14H,5-12H2,1-4H3. The monoisotopic (exact) mass is 234 g/mol. The van der Waals surface area contributed by atoms with Crippen LogP contribution in [0.1, 0.15) is 79.1 Å². The second-order valence-corrected chi connectivity index (χ2v) is 8.34. The summed E-state index contributed by atoms with van der Waals surface area (Å²) < 4.78 is 0. The SMILES string of the molecule is CC1CCCCC1(C)C12CCC(CC1(C)C)C2. The molecule has 3 saturated carbocycles. The molecule has 0 radical (unpaired) electrons. The zero-order valence-corrected chi connectivity index (χ0v) is 12.3. The van der Waals surface area contributed by atoms with E-state index in [1.807, 2.05) is 0 Å². The highest BCUT2D eigenvalue weighted by Crippen LogP contribution is 2.74. The highest BCUT2D eigenvalue weighted by Gasteiger charge is 2.65. The van der Waals surface area contributed by atoms with Crippen molar-refractivity contribution in [1.29, 1.82) is 0 Å². The van der Waals surface area contributed by atoms with E-state index in [1.54, 1.807) is 6.42 Å². The minimum Gasteiger partial charge on any atom is -0.0620 e. The van der Waals surface area contributed by atoms with Crippen LogP contribution in [0.15, 0.2) is 0 Å². The lowest BCUT2D eigenvalue weighted by molar-refractivity contribution is -0.0962. The van der Waals surface area contributed by atoms with E-state index in [0.717, 1.165) is 11.8 Å². The van der Waals surface area contributed by atoms with Gasteiger partial charge in [-0.25, -0.2) is 0 Å². The van der Waals surface area contributed by atoms with Gasteiger partial charge in [0, 0.05) is 0 Å². The fourth-order valence-corrected chi connectivity index (χ4v) is 6.36. The van der Waals surface area contributed by atoms with Crippen molar-refractivity contribution < 1.29 is 0 Å². The first kappa shape index (κ1) is 12.1. The van der Waals surface area contributed by atoms with Crippen LogP contribution in [-0.4, -0.2) is 0 Å². The average molecular weight is 234 g/mol. The van der Waals surface area contributed by atoms with Gasteiger partial charge in [0.05, 0.1) is 0 Å². The maximum Gasteiger partial charge on any atom is -0.0187 e. The predicted molar refractivity (Wildman–Crippen MR) is 73.9 cm³/mol. The van der Waals surface area contributed by atoms with Gasteiger partial charge in [-0.2, -0.15) is 0 Å². The Morgan fingerprint density at radius 1 is 0.882 bits per heavy atom. The van der Waals surface area contributed by atoms with Crippen molar-refractivity contribution in [2.24, 2.45) is 28.1 Å². The first-order valence-corrected chi connectivity index (χ1v) is 7.91. The van der Waals surface area contributed by atoms with Gasteiger partial charge in [-0.05, 0) is 60.2 Å². The molecule has 0 saturated heterocycles. The zero-order valence-electron chi connectivity index (χ0n) is 12.3. The van der Waals surface area contributed by atoms with Crippen molar-refractivity contribution in [3.05, 3.63) is 0 Å². The molecule has 0 spiro atoms.